The number of carboxylic acid groups (broad SMARTS) is 2. The van der Waals surface area contributed by atoms with E-state index in [4.69, 9.17) is 19.7 Å². The molecule has 3 N–H and O–H groups in total. The average Bonchev–Trinajstić information content (AvgIpc) is 2.90. The summed E-state index contributed by atoms with van der Waals surface area (Å²) in [5.41, 5.74) is 0.326. The molecule has 2 saturated heterocycles. The van der Waals surface area contributed by atoms with E-state index in [2.05, 4.69) is 15.1 Å². The first-order valence-corrected chi connectivity index (χ1v) is 10.8. The minimum Gasteiger partial charge on any atom is -0.483 e. The molecule has 2 aliphatic heterocycles. The monoisotopic (exact) mass is 468 g/mol. The number of aryl methyl sites for hydroxylation is 1. The number of aliphatic carboxylic acids is 1. The molecule has 32 heavy (non-hydrogen) atoms. The number of fused-ring (bicyclic) bond motifs is 4. The fourth-order valence-electron chi connectivity index (χ4n) is 3.82. The third-order valence-electron chi connectivity index (χ3n) is 4.99. The summed E-state index contributed by atoms with van der Waals surface area (Å²) in [7, 11) is 0. The Kier molecular flexibility index (Phi) is 7.82. The lowest BCUT2D eigenvalue weighted by Crippen LogP contribution is -2.48. The minimum atomic E-state index is -0.872. The predicted octanol–water partition coefficient (Wildman–Crippen LogP) is -1.24. The molecule has 1 amide bonds. The predicted molar refractivity (Wildman–Crippen MR) is 112 cm³/mol. The van der Waals surface area contributed by atoms with Gasteiger partial charge in [0, 0.05) is 37.3 Å². The summed E-state index contributed by atoms with van der Waals surface area (Å²) in [4.78, 5) is 56.5. The number of aromatic amines is 1. The van der Waals surface area contributed by atoms with E-state index in [-0.39, 0.29) is 48.0 Å². The number of aromatic nitrogens is 4. The SMILES string of the molecule is Cc1cc(=O)n2[nH]c(SCC(=O)N3C[C@H]4COC[C@@H]3CN(CC(=O)O)C4)nc2n1.O=CO. The van der Waals surface area contributed by atoms with Crippen molar-refractivity contribution >= 4 is 35.9 Å². The molecule has 0 saturated carbocycles. The Hall–Kier alpha value is -2.97. The lowest BCUT2D eigenvalue weighted by molar-refractivity contribution is -0.138. The highest BCUT2D eigenvalue weighted by Crippen LogP contribution is 2.22. The molecule has 14 heteroatoms. The molecule has 2 fully saturated rings. The Balaban J connectivity index is 0.000000913. The van der Waals surface area contributed by atoms with Gasteiger partial charge < -0.3 is 19.8 Å². The summed E-state index contributed by atoms with van der Waals surface area (Å²) in [6, 6.07) is 1.23. The van der Waals surface area contributed by atoms with Gasteiger partial charge in [0.05, 0.1) is 31.6 Å². The smallest absolute Gasteiger partial charge is 0.317 e. The van der Waals surface area contributed by atoms with Crippen molar-refractivity contribution in [1.82, 2.24) is 29.4 Å². The van der Waals surface area contributed by atoms with Crippen LogP contribution in [0.4, 0.5) is 0 Å². The zero-order valence-electron chi connectivity index (χ0n) is 17.3. The van der Waals surface area contributed by atoms with Crippen LogP contribution < -0.4 is 5.56 Å². The molecule has 13 nitrogen and oxygen atoms in total. The number of thioether (sulfide) groups is 1. The van der Waals surface area contributed by atoms with Gasteiger partial charge in [-0.25, -0.2) is 4.98 Å². The van der Waals surface area contributed by atoms with Crippen LogP contribution in [0, 0.1) is 12.8 Å². The van der Waals surface area contributed by atoms with Crippen LogP contribution >= 0.6 is 11.8 Å². The van der Waals surface area contributed by atoms with E-state index in [9.17, 15) is 14.4 Å². The Bertz CT molecular complexity index is 1040. The van der Waals surface area contributed by atoms with Crippen molar-refractivity contribution in [3.8, 4) is 0 Å². The van der Waals surface area contributed by atoms with Crippen molar-refractivity contribution < 1.29 is 29.3 Å². The molecular formula is C18H24N6O7S. The Morgan fingerprint density at radius 1 is 1.31 bits per heavy atom. The summed E-state index contributed by atoms with van der Waals surface area (Å²) in [5, 5.41) is 19.3. The standard InChI is InChI=1S/C17H22N6O5S.CH2O2/c1-10-2-13(24)23-16(18-10)19-17(20-23)29-9-14(25)22-4-11-3-21(6-15(26)27)5-12(22)8-28-7-11;2-1-3/h2,11-12H,3-9H2,1H3,(H,26,27)(H,18,19,20);1H,(H,2,3)/t11-,12-;/m0./s1. The van der Waals surface area contributed by atoms with Crippen LogP contribution in [-0.2, 0) is 19.1 Å². The Morgan fingerprint density at radius 2 is 2.06 bits per heavy atom. The van der Waals surface area contributed by atoms with Crippen LogP contribution in [-0.4, -0.2) is 109 Å². The second kappa shape index (κ2) is 10.6. The molecule has 4 rings (SSSR count). The van der Waals surface area contributed by atoms with Gasteiger partial charge in [0.2, 0.25) is 5.91 Å². The van der Waals surface area contributed by atoms with Gasteiger partial charge >= 0.3 is 5.97 Å². The van der Waals surface area contributed by atoms with Crippen molar-refractivity contribution in [2.75, 3.05) is 45.1 Å². The molecule has 0 spiro atoms. The fraction of sp³-hybridized carbons (Fsp3) is 0.556. The maximum Gasteiger partial charge on any atom is 0.317 e. The maximum atomic E-state index is 12.9. The number of hydrogen-bond donors (Lipinski definition) is 3. The van der Waals surface area contributed by atoms with Gasteiger partial charge in [-0.05, 0) is 6.92 Å². The number of carboxylic acids is 1. The highest BCUT2D eigenvalue weighted by molar-refractivity contribution is 7.99. The first-order valence-electron chi connectivity index (χ1n) is 9.79. The van der Waals surface area contributed by atoms with Gasteiger partial charge in [0.25, 0.3) is 17.8 Å². The van der Waals surface area contributed by atoms with E-state index in [0.717, 1.165) is 0 Å². The van der Waals surface area contributed by atoms with Crippen LogP contribution in [0.25, 0.3) is 5.78 Å². The number of nitrogens with one attached hydrogen (secondary N) is 1. The highest BCUT2D eigenvalue weighted by atomic mass is 32.2. The molecular weight excluding hydrogens is 444 g/mol. The molecule has 2 aromatic heterocycles. The molecule has 2 aromatic rings. The maximum absolute atomic E-state index is 12.9. The molecule has 0 aliphatic carbocycles. The molecule has 0 unspecified atom stereocenters. The fourth-order valence-corrected chi connectivity index (χ4v) is 4.54. The molecule has 0 radical (unpaired) electrons. The van der Waals surface area contributed by atoms with E-state index in [1.165, 1.54) is 22.3 Å². The van der Waals surface area contributed by atoms with Gasteiger partial charge in [-0.1, -0.05) is 11.8 Å². The molecule has 2 aliphatic rings. The van der Waals surface area contributed by atoms with Crippen LogP contribution in [0.1, 0.15) is 5.69 Å². The first kappa shape index (κ1) is 23.7. The second-order valence-electron chi connectivity index (χ2n) is 7.49. The average molecular weight is 468 g/mol. The summed E-state index contributed by atoms with van der Waals surface area (Å²) >= 11 is 1.21. The molecule has 0 aromatic carbocycles. The van der Waals surface area contributed by atoms with E-state index < -0.39 is 5.97 Å². The van der Waals surface area contributed by atoms with Gasteiger partial charge in [-0.15, -0.1) is 0 Å². The summed E-state index contributed by atoms with van der Waals surface area (Å²) in [5.74, 6) is -0.440. The number of nitrogens with zero attached hydrogens (tertiary/aromatic N) is 5. The number of H-pyrrole nitrogens is 1. The van der Waals surface area contributed by atoms with Crippen molar-refractivity contribution in [2.45, 2.75) is 18.1 Å². The van der Waals surface area contributed by atoms with E-state index in [1.807, 2.05) is 4.90 Å². The van der Waals surface area contributed by atoms with Crippen LogP contribution in [0.2, 0.25) is 0 Å². The second-order valence-corrected chi connectivity index (χ2v) is 8.45. The topological polar surface area (TPSA) is 170 Å². The number of hydrogen-bond acceptors (Lipinski definition) is 9. The largest absolute Gasteiger partial charge is 0.483 e. The minimum absolute atomic E-state index is 0.0378. The van der Waals surface area contributed by atoms with Crippen LogP contribution in [0.5, 0.6) is 0 Å². The van der Waals surface area contributed by atoms with Crippen molar-refractivity contribution in [2.24, 2.45) is 5.92 Å². The number of carbonyl (C=O) groups excluding carboxylic acids is 1. The quantitative estimate of drug-likeness (QED) is 0.354. The van der Waals surface area contributed by atoms with Crippen LogP contribution in [0.15, 0.2) is 16.0 Å². The van der Waals surface area contributed by atoms with Crippen molar-refractivity contribution in [3.63, 3.8) is 0 Å². The lowest BCUT2D eigenvalue weighted by atomic mass is 10.1. The normalized spacial score (nSPS) is 20.8. The zero-order chi connectivity index (χ0) is 23.3. The van der Waals surface area contributed by atoms with Crippen molar-refractivity contribution in [1.29, 1.82) is 0 Å². The Morgan fingerprint density at radius 3 is 2.78 bits per heavy atom. The lowest BCUT2D eigenvalue weighted by Gasteiger charge is -2.30. The van der Waals surface area contributed by atoms with E-state index >= 15 is 0 Å². The van der Waals surface area contributed by atoms with Gasteiger partial charge in [0.1, 0.15) is 0 Å². The van der Waals surface area contributed by atoms with Crippen molar-refractivity contribution in [3.05, 3.63) is 22.1 Å². The van der Waals surface area contributed by atoms with E-state index in [0.29, 0.717) is 43.7 Å². The molecule has 2 bridgehead atoms. The summed E-state index contributed by atoms with van der Waals surface area (Å²) < 4.78 is 6.93. The highest BCUT2D eigenvalue weighted by Gasteiger charge is 2.36. The molecule has 2 atom stereocenters. The van der Waals surface area contributed by atoms with Gasteiger partial charge in [0.15, 0.2) is 5.16 Å². The van der Waals surface area contributed by atoms with E-state index in [1.54, 1.807) is 11.8 Å². The number of ether oxygens (including phenoxy) is 1. The van der Waals surface area contributed by atoms with Crippen LogP contribution in [0.3, 0.4) is 0 Å². The molecule has 174 valence electrons. The van der Waals surface area contributed by atoms with Gasteiger partial charge in [-0.2, -0.15) is 9.50 Å². The third kappa shape index (κ3) is 5.83. The summed E-state index contributed by atoms with van der Waals surface area (Å²) in [6.07, 6.45) is 0. The zero-order valence-corrected chi connectivity index (χ0v) is 18.2. The third-order valence-corrected chi connectivity index (χ3v) is 5.84. The number of carbonyl (C=O) groups is 3. The summed E-state index contributed by atoms with van der Waals surface area (Å²) in [6.45, 7) is 3.96. The number of amides is 1. The Labute approximate surface area is 186 Å². The molecule has 4 heterocycles. The number of rotatable bonds is 5. The van der Waals surface area contributed by atoms with Gasteiger partial charge in [-0.3, -0.25) is 29.2 Å². The first-order chi connectivity index (χ1) is 15.3.